The van der Waals surface area contributed by atoms with Gasteiger partial charge in [-0.05, 0) is 13.0 Å². The Kier molecular flexibility index (Phi) is 9.05. The average Bonchev–Trinajstić information content (AvgIpc) is 2.98. The molecule has 0 radical (unpaired) electrons. The predicted octanol–water partition coefficient (Wildman–Crippen LogP) is 3.27. The second-order valence-corrected chi connectivity index (χ2v) is 6.33. The van der Waals surface area contributed by atoms with Gasteiger partial charge in [-0.15, -0.1) is 35.3 Å². The number of alkyl halides is 3. The van der Waals surface area contributed by atoms with E-state index in [1.54, 1.807) is 36.7 Å². The SMILES string of the molecule is CN=C(NCc1ncc(C)s1)NCc1cccnc1OCC(F)(F)F.I. The zero-order valence-corrected chi connectivity index (χ0v) is 17.3. The monoisotopic (exact) mass is 501 g/mol. The number of rotatable bonds is 6. The molecule has 2 heterocycles. The first kappa shape index (κ1) is 22.4. The van der Waals surface area contributed by atoms with Crippen molar-refractivity contribution in [3.05, 3.63) is 40.0 Å². The highest BCUT2D eigenvalue weighted by atomic mass is 127. The largest absolute Gasteiger partial charge is 0.468 e. The summed E-state index contributed by atoms with van der Waals surface area (Å²) >= 11 is 1.57. The zero-order valence-electron chi connectivity index (χ0n) is 14.1. The second kappa shape index (κ2) is 10.5. The Balaban J connectivity index is 0.00000338. The fourth-order valence-corrected chi connectivity index (χ4v) is 2.61. The Bertz CT molecular complexity index is 723. The highest BCUT2D eigenvalue weighted by molar-refractivity contribution is 14.0. The van der Waals surface area contributed by atoms with Crippen LogP contribution in [0.5, 0.6) is 5.88 Å². The van der Waals surface area contributed by atoms with E-state index in [2.05, 4.69) is 25.6 Å². The summed E-state index contributed by atoms with van der Waals surface area (Å²) in [7, 11) is 1.60. The van der Waals surface area contributed by atoms with Gasteiger partial charge in [0.1, 0.15) is 5.01 Å². The topological polar surface area (TPSA) is 71.4 Å². The van der Waals surface area contributed by atoms with E-state index in [-0.39, 0.29) is 36.4 Å². The minimum atomic E-state index is -4.41. The van der Waals surface area contributed by atoms with Crippen LogP contribution in [0.3, 0.4) is 0 Å². The number of aromatic nitrogens is 2. The van der Waals surface area contributed by atoms with Gasteiger partial charge in [0, 0.05) is 36.4 Å². The average molecular weight is 501 g/mol. The molecule has 0 aliphatic rings. The maximum Gasteiger partial charge on any atom is 0.422 e. The third-order valence-corrected chi connectivity index (χ3v) is 3.88. The predicted molar refractivity (Wildman–Crippen MR) is 105 cm³/mol. The van der Waals surface area contributed by atoms with Crippen molar-refractivity contribution in [2.24, 2.45) is 4.99 Å². The van der Waals surface area contributed by atoms with Crippen LogP contribution in [0.1, 0.15) is 15.4 Å². The maximum atomic E-state index is 12.3. The van der Waals surface area contributed by atoms with Gasteiger partial charge in [-0.25, -0.2) is 9.97 Å². The van der Waals surface area contributed by atoms with Gasteiger partial charge in [0.15, 0.2) is 12.6 Å². The summed E-state index contributed by atoms with van der Waals surface area (Å²) < 4.78 is 41.7. The first-order valence-corrected chi connectivity index (χ1v) is 8.18. The van der Waals surface area contributed by atoms with Gasteiger partial charge in [-0.3, -0.25) is 4.99 Å². The molecule has 0 atom stereocenters. The summed E-state index contributed by atoms with van der Waals surface area (Å²) in [4.78, 5) is 13.3. The third kappa shape index (κ3) is 7.72. The summed E-state index contributed by atoms with van der Waals surface area (Å²) in [5, 5.41) is 7.02. The summed E-state index contributed by atoms with van der Waals surface area (Å²) in [6, 6.07) is 3.27. The smallest absolute Gasteiger partial charge is 0.422 e. The molecular weight excluding hydrogens is 482 g/mol. The highest BCUT2D eigenvalue weighted by Gasteiger charge is 2.29. The molecule has 0 saturated heterocycles. The molecule has 0 fully saturated rings. The van der Waals surface area contributed by atoms with E-state index in [9.17, 15) is 13.2 Å². The van der Waals surface area contributed by atoms with Crippen molar-refractivity contribution in [3.8, 4) is 5.88 Å². The first-order chi connectivity index (χ1) is 11.9. The molecule has 0 spiro atoms. The van der Waals surface area contributed by atoms with Crippen LogP contribution in [-0.2, 0) is 13.1 Å². The summed E-state index contributed by atoms with van der Waals surface area (Å²) in [6.45, 7) is 1.31. The lowest BCUT2D eigenvalue weighted by Gasteiger charge is -2.14. The van der Waals surface area contributed by atoms with Crippen LogP contribution in [0.2, 0.25) is 0 Å². The lowest BCUT2D eigenvalue weighted by atomic mass is 10.2. The molecule has 0 unspecified atom stereocenters. The Morgan fingerprint density at radius 1 is 1.27 bits per heavy atom. The third-order valence-electron chi connectivity index (χ3n) is 2.97. The minimum absolute atomic E-state index is 0. The zero-order chi connectivity index (χ0) is 18.3. The molecule has 0 aromatic carbocycles. The Labute approximate surface area is 170 Å². The molecule has 0 bridgehead atoms. The van der Waals surface area contributed by atoms with Crippen LogP contribution >= 0.6 is 35.3 Å². The standard InChI is InChI=1S/C15H18F3N5OS.HI/c1-10-6-21-12(25-10)8-23-14(19-2)22-7-11-4-3-5-20-13(11)24-9-15(16,17)18;/h3-6H,7-9H2,1-2H3,(H2,19,22,23);1H. The van der Waals surface area contributed by atoms with Crippen LogP contribution in [0.25, 0.3) is 0 Å². The fourth-order valence-electron chi connectivity index (χ4n) is 1.88. The molecule has 26 heavy (non-hydrogen) atoms. The lowest BCUT2D eigenvalue weighted by molar-refractivity contribution is -0.154. The van der Waals surface area contributed by atoms with Crippen molar-refractivity contribution in [3.63, 3.8) is 0 Å². The highest BCUT2D eigenvalue weighted by Crippen LogP contribution is 2.19. The number of thiazole rings is 1. The molecule has 144 valence electrons. The Hall–Kier alpha value is -1.63. The number of guanidine groups is 1. The number of pyridine rings is 1. The van der Waals surface area contributed by atoms with Crippen LogP contribution in [0.15, 0.2) is 29.5 Å². The van der Waals surface area contributed by atoms with Crippen molar-refractivity contribution in [2.45, 2.75) is 26.2 Å². The van der Waals surface area contributed by atoms with Gasteiger partial charge >= 0.3 is 6.18 Å². The number of aliphatic imine (C=N–C) groups is 1. The van der Waals surface area contributed by atoms with Crippen molar-refractivity contribution in [1.82, 2.24) is 20.6 Å². The molecule has 0 aliphatic heterocycles. The quantitative estimate of drug-likeness (QED) is 0.362. The van der Waals surface area contributed by atoms with Crippen LogP contribution in [0, 0.1) is 6.92 Å². The van der Waals surface area contributed by atoms with E-state index in [1.165, 1.54) is 6.20 Å². The van der Waals surface area contributed by atoms with E-state index in [0.717, 1.165) is 9.88 Å². The number of hydrogen-bond acceptors (Lipinski definition) is 5. The van der Waals surface area contributed by atoms with Gasteiger partial charge in [-0.1, -0.05) is 6.07 Å². The Morgan fingerprint density at radius 2 is 2.00 bits per heavy atom. The number of nitrogens with one attached hydrogen (secondary N) is 2. The minimum Gasteiger partial charge on any atom is -0.468 e. The van der Waals surface area contributed by atoms with Gasteiger partial charge in [-0.2, -0.15) is 13.2 Å². The number of aryl methyl sites for hydroxylation is 1. The molecule has 11 heteroatoms. The normalized spacial score (nSPS) is 11.7. The maximum absolute atomic E-state index is 12.3. The lowest BCUT2D eigenvalue weighted by Crippen LogP contribution is -2.36. The van der Waals surface area contributed by atoms with Gasteiger partial charge in [0.25, 0.3) is 0 Å². The van der Waals surface area contributed by atoms with Gasteiger partial charge < -0.3 is 15.4 Å². The van der Waals surface area contributed by atoms with Gasteiger partial charge in [0.2, 0.25) is 5.88 Å². The number of hydrogen-bond donors (Lipinski definition) is 2. The summed E-state index contributed by atoms with van der Waals surface area (Å²) in [5.74, 6) is 0.441. The van der Waals surface area contributed by atoms with Gasteiger partial charge in [0.05, 0.1) is 6.54 Å². The van der Waals surface area contributed by atoms with Crippen molar-refractivity contribution < 1.29 is 17.9 Å². The van der Waals surface area contributed by atoms with Crippen LogP contribution < -0.4 is 15.4 Å². The Morgan fingerprint density at radius 3 is 2.62 bits per heavy atom. The fraction of sp³-hybridized carbons (Fsp3) is 0.400. The van der Waals surface area contributed by atoms with E-state index in [0.29, 0.717) is 18.1 Å². The molecule has 2 aromatic heterocycles. The van der Waals surface area contributed by atoms with E-state index in [4.69, 9.17) is 4.74 Å². The molecule has 2 rings (SSSR count). The van der Waals surface area contributed by atoms with Crippen LogP contribution in [-0.4, -0.2) is 35.8 Å². The molecule has 2 aromatic rings. The first-order valence-electron chi connectivity index (χ1n) is 7.36. The molecule has 0 amide bonds. The van der Waals surface area contributed by atoms with E-state index < -0.39 is 12.8 Å². The number of ether oxygens (including phenoxy) is 1. The van der Waals surface area contributed by atoms with Crippen molar-refractivity contribution in [1.29, 1.82) is 0 Å². The molecule has 6 nitrogen and oxygen atoms in total. The van der Waals surface area contributed by atoms with Crippen LogP contribution in [0.4, 0.5) is 13.2 Å². The molecule has 0 aliphatic carbocycles. The van der Waals surface area contributed by atoms with Crippen molar-refractivity contribution in [2.75, 3.05) is 13.7 Å². The van der Waals surface area contributed by atoms with E-state index >= 15 is 0 Å². The van der Waals surface area contributed by atoms with Crippen molar-refractivity contribution >= 4 is 41.3 Å². The summed E-state index contributed by atoms with van der Waals surface area (Å²) in [5.41, 5.74) is 0.500. The number of nitrogens with zero attached hydrogens (tertiary/aromatic N) is 3. The second-order valence-electron chi connectivity index (χ2n) is 5.02. The molecule has 0 saturated carbocycles. The molecule has 2 N–H and O–H groups in total. The number of halogens is 4. The summed E-state index contributed by atoms with van der Waals surface area (Å²) in [6.07, 6.45) is -1.24. The van der Waals surface area contributed by atoms with E-state index in [1.807, 2.05) is 6.92 Å². The molecular formula is C15H19F3IN5OS.